The van der Waals surface area contributed by atoms with E-state index in [9.17, 15) is 15.2 Å². The summed E-state index contributed by atoms with van der Waals surface area (Å²) >= 11 is 0. The summed E-state index contributed by atoms with van der Waals surface area (Å²) < 4.78 is 0. The number of ketones is 1. The fourth-order valence-corrected chi connectivity index (χ4v) is 2.90. The minimum atomic E-state index is -0.366. The van der Waals surface area contributed by atoms with Crippen LogP contribution in [0.3, 0.4) is 0 Å². The quantitative estimate of drug-likeness (QED) is 0.857. The van der Waals surface area contributed by atoms with Crippen LogP contribution in [-0.2, 0) is 6.42 Å². The van der Waals surface area contributed by atoms with Gasteiger partial charge in [-0.3, -0.25) is 4.79 Å². The number of aryl methyl sites for hydroxylation is 2. The zero-order valence-corrected chi connectivity index (χ0v) is 13.5. The number of carbonyl (C=O) groups excluding carboxylic acids is 1. The minimum Gasteiger partial charge on any atom is -0.506 e. The van der Waals surface area contributed by atoms with E-state index < -0.39 is 0 Å². The number of allylic oxidation sites excluding steroid dienone is 1. The van der Waals surface area contributed by atoms with Gasteiger partial charge < -0.3 is 5.11 Å². The molecule has 0 spiro atoms. The van der Waals surface area contributed by atoms with Crippen molar-refractivity contribution in [3.05, 3.63) is 70.3 Å². The summed E-state index contributed by atoms with van der Waals surface area (Å²) in [5.74, 6) is -0.544. The molecule has 0 saturated carbocycles. The molecule has 0 heterocycles. The molecule has 0 saturated heterocycles. The predicted octanol–water partition coefficient (Wildman–Crippen LogP) is 4.32. The third kappa shape index (κ3) is 2.40. The largest absolute Gasteiger partial charge is 0.506 e. The lowest BCUT2D eigenvalue weighted by molar-refractivity contribution is 0.104. The lowest BCUT2D eigenvalue weighted by atomic mass is 10.0. The van der Waals surface area contributed by atoms with Crippen LogP contribution in [0.1, 0.15) is 34.0 Å². The van der Waals surface area contributed by atoms with Gasteiger partial charge in [0.2, 0.25) is 0 Å². The fourth-order valence-electron chi connectivity index (χ4n) is 2.90. The minimum absolute atomic E-state index is 0.0241. The second-order valence-electron chi connectivity index (χ2n) is 5.61. The van der Waals surface area contributed by atoms with Gasteiger partial charge in [-0.1, -0.05) is 49.4 Å². The van der Waals surface area contributed by atoms with Crippen LogP contribution < -0.4 is 0 Å². The topological polar surface area (TPSA) is 73.4 Å². The smallest absolute Gasteiger partial charge is 0.200 e. The predicted molar refractivity (Wildman–Crippen MR) is 93.6 cm³/mol. The highest BCUT2D eigenvalue weighted by molar-refractivity contribution is 6.39. The Labute approximate surface area is 140 Å². The first kappa shape index (κ1) is 15.7. The van der Waals surface area contributed by atoms with Gasteiger partial charge in [0, 0.05) is 11.1 Å². The molecule has 3 rings (SSSR count). The SMILES string of the molecule is CCc1cccc(C)c1N=C(C#N)C1=C(O)c2ccccc2C1=O. The lowest BCUT2D eigenvalue weighted by Gasteiger charge is -2.07. The summed E-state index contributed by atoms with van der Waals surface area (Å²) in [6.07, 6.45) is 0.762. The van der Waals surface area contributed by atoms with Gasteiger partial charge in [-0.2, -0.15) is 5.26 Å². The molecule has 24 heavy (non-hydrogen) atoms. The molecule has 1 N–H and O–H groups in total. The van der Waals surface area contributed by atoms with Gasteiger partial charge in [-0.05, 0) is 24.5 Å². The van der Waals surface area contributed by atoms with Crippen molar-refractivity contribution in [1.29, 1.82) is 5.26 Å². The van der Waals surface area contributed by atoms with Gasteiger partial charge >= 0.3 is 0 Å². The number of benzene rings is 2. The summed E-state index contributed by atoms with van der Waals surface area (Å²) in [5, 5.41) is 20.0. The van der Waals surface area contributed by atoms with Crippen LogP contribution in [0.25, 0.3) is 5.76 Å². The second kappa shape index (κ2) is 6.13. The molecule has 0 aliphatic heterocycles. The van der Waals surface area contributed by atoms with Gasteiger partial charge in [0.15, 0.2) is 11.5 Å². The van der Waals surface area contributed by atoms with Gasteiger partial charge in [0.1, 0.15) is 17.4 Å². The number of carbonyl (C=O) groups is 1. The summed E-state index contributed by atoms with van der Waals surface area (Å²) in [4.78, 5) is 17.0. The number of para-hydroxylation sites is 1. The number of fused-ring (bicyclic) bond motifs is 1. The van der Waals surface area contributed by atoms with Crippen molar-refractivity contribution in [3.63, 3.8) is 0 Å². The number of rotatable bonds is 3. The number of nitrogens with zero attached hydrogens (tertiary/aromatic N) is 2. The zero-order valence-electron chi connectivity index (χ0n) is 13.5. The fraction of sp³-hybridized carbons (Fsp3) is 0.150. The van der Waals surface area contributed by atoms with E-state index in [-0.39, 0.29) is 22.8 Å². The summed E-state index contributed by atoms with van der Waals surface area (Å²) in [6, 6.07) is 14.5. The van der Waals surface area contributed by atoms with Crippen molar-refractivity contribution in [2.24, 2.45) is 4.99 Å². The van der Waals surface area contributed by atoms with E-state index >= 15 is 0 Å². The molecular weight excluding hydrogens is 300 g/mol. The molecule has 2 aromatic rings. The Balaban J connectivity index is 2.18. The molecule has 4 heteroatoms. The van der Waals surface area contributed by atoms with Crippen molar-refractivity contribution in [1.82, 2.24) is 0 Å². The van der Waals surface area contributed by atoms with Crippen LogP contribution >= 0.6 is 0 Å². The van der Waals surface area contributed by atoms with Gasteiger partial charge in [0.25, 0.3) is 0 Å². The monoisotopic (exact) mass is 316 g/mol. The third-order valence-corrected chi connectivity index (χ3v) is 4.16. The summed E-state index contributed by atoms with van der Waals surface area (Å²) in [5.41, 5.74) is 3.35. The van der Waals surface area contributed by atoms with Crippen molar-refractivity contribution in [2.75, 3.05) is 0 Å². The highest BCUT2D eigenvalue weighted by Gasteiger charge is 2.32. The van der Waals surface area contributed by atoms with E-state index in [0.29, 0.717) is 16.8 Å². The van der Waals surface area contributed by atoms with Crippen LogP contribution in [0.4, 0.5) is 5.69 Å². The maximum Gasteiger partial charge on any atom is 0.200 e. The Kier molecular flexibility index (Phi) is 4.01. The maximum absolute atomic E-state index is 12.6. The standard InChI is InChI=1S/C20H16N2O2/c1-3-13-8-6-7-12(2)18(13)22-16(11-21)17-19(23)14-9-4-5-10-15(14)20(17)24/h4-10,23H,3H2,1-2H3. The molecule has 0 bridgehead atoms. The van der Waals surface area contributed by atoms with E-state index in [1.165, 1.54) is 0 Å². The zero-order chi connectivity index (χ0) is 17.3. The number of nitriles is 1. The van der Waals surface area contributed by atoms with E-state index in [2.05, 4.69) is 4.99 Å². The highest BCUT2D eigenvalue weighted by atomic mass is 16.3. The molecule has 118 valence electrons. The van der Waals surface area contributed by atoms with Crippen LogP contribution in [0.5, 0.6) is 0 Å². The number of hydrogen-bond donors (Lipinski definition) is 1. The Morgan fingerprint density at radius 2 is 1.88 bits per heavy atom. The van der Waals surface area contributed by atoms with E-state index in [0.717, 1.165) is 17.5 Å². The number of aliphatic hydroxyl groups is 1. The molecule has 4 nitrogen and oxygen atoms in total. The molecule has 0 atom stereocenters. The lowest BCUT2D eigenvalue weighted by Crippen LogP contribution is -2.09. The average Bonchev–Trinajstić information content (AvgIpc) is 2.85. The first-order valence-corrected chi connectivity index (χ1v) is 7.73. The molecular formula is C20H16N2O2. The molecule has 1 aliphatic carbocycles. The van der Waals surface area contributed by atoms with Crippen LogP contribution in [0, 0.1) is 18.3 Å². The van der Waals surface area contributed by atoms with Gasteiger partial charge in [0.05, 0.1) is 5.69 Å². The molecule has 0 amide bonds. The Bertz CT molecular complexity index is 946. The van der Waals surface area contributed by atoms with Crippen molar-refractivity contribution in [3.8, 4) is 6.07 Å². The maximum atomic E-state index is 12.6. The van der Waals surface area contributed by atoms with E-state index in [4.69, 9.17) is 0 Å². The van der Waals surface area contributed by atoms with E-state index in [1.54, 1.807) is 24.3 Å². The molecule has 0 radical (unpaired) electrons. The van der Waals surface area contributed by atoms with Crippen molar-refractivity contribution in [2.45, 2.75) is 20.3 Å². The number of hydrogen-bond acceptors (Lipinski definition) is 4. The number of aliphatic hydroxyl groups excluding tert-OH is 1. The van der Waals surface area contributed by atoms with Crippen LogP contribution in [-0.4, -0.2) is 16.6 Å². The van der Waals surface area contributed by atoms with Crippen LogP contribution in [0.15, 0.2) is 53.0 Å². The molecule has 0 fully saturated rings. The Morgan fingerprint density at radius 1 is 1.17 bits per heavy atom. The van der Waals surface area contributed by atoms with Gasteiger partial charge in [-0.15, -0.1) is 0 Å². The first-order valence-electron chi connectivity index (χ1n) is 7.73. The second-order valence-corrected chi connectivity index (χ2v) is 5.61. The molecule has 0 unspecified atom stereocenters. The molecule has 1 aliphatic rings. The summed E-state index contributed by atoms with van der Waals surface area (Å²) in [7, 11) is 0. The van der Waals surface area contributed by atoms with Gasteiger partial charge in [-0.25, -0.2) is 4.99 Å². The third-order valence-electron chi connectivity index (χ3n) is 4.16. The molecule has 2 aromatic carbocycles. The van der Waals surface area contributed by atoms with Crippen molar-refractivity contribution < 1.29 is 9.90 Å². The normalized spacial score (nSPS) is 13.9. The van der Waals surface area contributed by atoms with E-state index in [1.807, 2.05) is 38.1 Å². The van der Waals surface area contributed by atoms with Crippen molar-refractivity contribution >= 4 is 22.9 Å². The summed E-state index contributed by atoms with van der Waals surface area (Å²) in [6.45, 7) is 3.92. The number of aliphatic imine (C=N–C) groups is 1. The number of Topliss-reactive ketones (excluding diaryl/α,β-unsaturated/α-hetero) is 1. The Hall–Kier alpha value is -3.19. The molecule has 0 aromatic heterocycles. The highest BCUT2D eigenvalue weighted by Crippen LogP contribution is 2.33. The average molecular weight is 316 g/mol. The van der Waals surface area contributed by atoms with Crippen LogP contribution in [0.2, 0.25) is 0 Å². The Morgan fingerprint density at radius 3 is 2.50 bits per heavy atom. The first-order chi connectivity index (χ1) is 11.6.